The lowest BCUT2D eigenvalue weighted by atomic mass is 9.95. The quantitative estimate of drug-likeness (QED) is 0.812. The molecule has 2 aliphatic rings. The largest absolute Gasteiger partial charge is 0.359 e. The number of fused-ring (bicyclic) bond motifs is 2. The van der Waals surface area contributed by atoms with Crippen LogP contribution in [0.3, 0.4) is 0 Å². The van der Waals surface area contributed by atoms with Crippen LogP contribution >= 0.6 is 12.2 Å². The van der Waals surface area contributed by atoms with E-state index in [9.17, 15) is 0 Å². The van der Waals surface area contributed by atoms with Gasteiger partial charge in [0.15, 0.2) is 5.11 Å². The van der Waals surface area contributed by atoms with E-state index in [1.165, 1.54) is 31.2 Å². The van der Waals surface area contributed by atoms with E-state index in [-0.39, 0.29) is 0 Å². The minimum Gasteiger partial charge on any atom is -0.359 e. The van der Waals surface area contributed by atoms with Crippen molar-refractivity contribution in [1.29, 1.82) is 0 Å². The van der Waals surface area contributed by atoms with Gasteiger partial charge in [-0.05, 0) is 66.9 Å². The number of hydrogen-bond donors (Lipinski definition) is 2. The number of benzene rings is 1. The number of hydrogen-bond acceptors (Lipinski definition) is 1. The summed E-state index contributed by atoms with van der Waals surface area (Å²) in [4.78, 5) is 0. The summed E-state index contributed by atoms with van der Waals surface area (Å²) in [6.07, 6.45) is 5.52. The Morgan fingerprint density at radius 1 is 1.15 bits per heavy atom. The highest BCUT2D eigenvalue weighted by atomic mass is 32.1. The molecule has 0 spiro atoms. The molecule has 0 aliphatic heterocycles. The lowest BCUT2D eigenvalue weighted by molar-refractivity contribution is 0.392. The Labute approximate surface area is 127 Å². The molecular formula is C17H24N2S. The van der Waals surface area contributed by atoms with E-state index in [2.05, 4.69) is 48.7 Å². The highest BCUT2D eigenvalue weighted by molar-refractivity contribution is 7.80. The fourth-order valence-electron chi connectivity index (χ4n) is 3.71. The van der Waals surface area contributed by atoms with E-state index in [0.717, 1.165) is 22.6 Å². The Morgan fingerprint density at radius 2 is 1.90 bits per heavy atom. The first kappa shape index (κ1) is 13.9. The van der Waals surface area contributed by atoms with E-state index in [4.69, 9.17) is 12.2 Å². The molecule has 2 fully saturated rings. The average molecular weight is 288 g/mol. The first-order valence-corrected chi connectivity index (χ1v) is 8.20. The summed E-state index contributed by atoms with van der Waals surface area (Å²) >= 11 is 5.45. The molecule has 0 radical (unpaired) electrons. The van der Waals surface area contributed by atoms with Crippen molar-refractivity contribution in [3.8, 4) is 0 Å². The fourth-order valence-corrected chi connectivity index (χ4v) is 3.98. The van der Waals surface area contributed by atoms with Crippen LogP contribution in [0.5, 0.6) is 0 Å². The van der Waals surface area contributed by atoms with Crippen molar-refractivity contribution >= 4 is 23.0 Å². The van der Waals surface area contributed by atoms with Crippen molar-refractivity contribution in [2.24, 2.45) is 11.8 Å². The third-order valence-corrected chi connectivity index (χ3v) is 5.11. The van der Waals surface area contributed by atoms with E-state index in [1.54, 1.807) is 0 Å². The summed E-state index contributed by atoms with van der Waals surface area (Å²) in [6.45, 7) is 4.42. The molecule has 0 amide bonds. The van der Waals surface area contributed by atoms with Crippen molar-refractivity contribution in [2.45, 2.75) is 51.5 Å². The van der Waals surface area contributed by atoms with Crippen molar-refractivity contribution in [2.75, 3.05) is 5.32 Å². The zero-order valence-corrected chi connectivity index (χ0v) is 13.2. The topological polar surface area (TPSA) is 24.1 Å². The minimum atomic E-state index is 0.572. The molecule has 20 heavy (non-hydrogen) atoms. The molecule has 0 heterocycles. The van der Waals surface area contributed by atoms with Gasteiger partial charge < -0.3 is 10.6 Å². The van der Waals surface area contributed by atoms with Crippen LogP contribution < -0.4 is 10.6 Å². The molecule has 0 saturated heterocycles. The third kappa shape index (κ3) is 2.98. The molecule has 2 saturated carbocycles. The van der Waals surface area contributed by atoms with Crippen LogP contribution in [0.15, 0.2) is 24.3 Å². The predicted molar refractivity (Wildman–Crippen MR) is 89.1 cm³/mol. The van der Waals surface area contributed by atoms with Gasteiger partial charge in [-0.2, -0.15) is 0 Å². The molecule has 1 aromatic carbocycles. The van der Waals surface area contributed by atoms with Gasteiger partial charge in [-0.1, -0.05) is 32.4 Å². The van der Waals surface area contributed by atoms with Gasteiger partial charge in [-0.25, -0.2) is 0 Å². The molecule has 3 atom stereocenters. The minimum absolute atomic E-state index is 0.572. The summed E-state index contributed by atoms with van der Waals surface area (Å²) in [6, 6.07) is 9.18. The maximum atomic E-state index is 5.45. The third-order valence-electron chi connectivity index (χ3n) is 4.89. The summed E-state index contributed by atoms with van der Waals surface area (Å²) in [5.41, 5.74) is 2.44. The lowest BCUT2D eigenvalue weighted by Crippen LogP contribution is -2.40. The maximum Gasteiger partial charge on any atom is 0.171 e. The second kappa shape index (κ2) is 5.72. The smallest absolute Gasteiger partial charge is 0.171 e. The molecule has 2 nitrogen and oxygen atoms in total. The second-order valence-electron chi connectivity index (χ2n) is 6.66. The molecular weight excluding hydrogens is 264 g/mol. The lowest BCUT2D eigenvalue weighted by Gasteiger charge is -2.24. The standard InChI is InChI=1S/C17H24N2S/c1-11(2)13-5-7-15(8-6-13)18-17(20)19-16-10-12-3-4-14(16)9-12/h5-8,11-12,14,16H,3-4,9-10H2,1-2H3,(H2,18,19,20)/t12-,14+,16-/m0/s1. The summed E-state index contributed by atoms with van der Waals surface area (Å²) in [5.74, 6) is 2.37. The highest BCUT2D eigenvalue weighted by Gasteiger charge is 2.39. The molecule has 2 N–H and O–H groups in total. The zero-order chi connectivity index (χ0) is 14.1. The first-order valence-electron chi connectivity index (χ1n) is 7.79. The van der Waals surface area contributed by atoms with Crippen molar-refractivity contribution in [3.05, 3.63) is 29.8 Å². The van der Waals surface area contributed by atoms with Gasteiger partial charge in [0.1, 0.15) is 0 Å². The van der Waals surface area contributed by atoms with Crippen LogP contribution in [0, 0.1) is 11.8 Å². The van der Waals surface area contributed by atoms with Crippen LogP contribution in [-0.2, 0) is 0 Å². The Balaban J connectivity index is 1.53. The van der Waals surface area contributed by atoms with Gasteiger partial charge in [-0.3, -0.25) is 0 Å². The van der Waals surface area contributed by atoms with Gasteiger partial charge in [0.25, 0.3) is 0 Å². The normalized spacial score (nSPS) is 27.9. The Bertz CT molecular complexity index is 480. The summed E-state index contributed by atoms with van der Waals surface area (Å²) < 4.78 is 0. The monoisotopic (exact) mass is 288 g/mol. The van der Waals surface area contributed by atoms with Gasteiger partial charge in [0, 0.05) is 11.7 Å². The zero-order valence-electron chi connectivity index (χ0n) is 12.4. The molecule has 2 bridgehead atoms. The van der Waals surface area contributed by atoms with Crippen LogP contribution in [0.2, 0.25) is 0 Å². The SMILES string of the molecule is CC(C)c1ccc(NC(=S)N[C@H]2C[C@H]3CC[C@@H]2C3)cc1. The van der Waals surface area contributed by atoms with Gasteiger partial charge in [0.05, 0.1) is 0 Å². The summed E-state index contributed by atoms with van der Waals surface area (Å²) in [7, 11) is 0. The second-order valence-corrected chi connectivity index (χ2v) is 7.06. The molecule has 2 aliphatic carbocycles. The van der Waals surface area contributed by atoms with Crippen molar-refractivity contribution in [3.63, 3.8) is 0 Å². The Morgan fingerprint density at radius 3 is 2.45 bits per heavy atom. The molecule has 3 heteroatoms. The predicted octanol–water partition coefficient (Wildman–Crippen LogP) is 4.29. The van der Waals surface area contributed by atoms with E-state index in [0.29, 0.717) is 12.0 Å². The van der Waals surface area contributed by atoms with E-state index in [1.807, 2.05) is 0 Å². The maximum absolute atomic E-state index is 5.45. The first-order chi connectivity index (χ1) is 9.61. The summed E-state index contributed by atoms with van der Waals surface area (Å²) in [5, 5.41) is 7.61. The molecule has 108 valence electrons. The number of anilines is 1. The number of nitrogens with one attached hydrogen (secondary N) is 2. The fraction of sp³-hybridized carbons (Fsp3) is 0.588. The molecule has 1 aromatic rings. The van der Waals surface area contributed by atoms with Crippen LogP contribution in [0.4, 0.5) is 5.69 Å². The van der Waals surface area contributed by atoms with Crippen LogP contribution in [-0.4, -0.2) is 11.2 Å². The van der Waals surface area contributed by atoms with E-state index >= 15 is 0 Å². The van der Waals surface area contributed by atoms with Crippen LogP contribution in [0.25, 0.3) is 0 Å². The van der Waals surface area contributed by atoms with Crippen LogP contribution in [0.1, 0.15) is 51.0 Å². The van der Waals surface area contributed by atoms with Crippen molar-refractivity contribution in [1.82, 2.24) is 5.32 Å². The Kier molecular flexibility index (Phi) is 3.97. The van der Waals surface area contributed by atoms with E-state index < -0.39 is 0 Å². The molecule has 3 rings (SSSR count). The van der Waals surface area contributed by atoms with Gasteiger partial charge in [-0.15, -0.1) is 0 Å². The average Bonchev–Trinajstić information content (AvgIpc) is 3.01. The Hall–Kier alpha value is -1.09. The highest BCUT2D eigenvalue weighted by Crippen LogP contribution is 2.44. The van der Waals surface area contributed by atoms with Crippen molar-refractivity contribution < 1.29 is 0 Å². The number of rotatable bonds is 3. The number of thiocarbonyl (C=S) groups is 1. The molecule has 0 aromatic heterocycles. The van der Waals surface area contributed by atoms with Gasteiger partial charge >= 0.3 is 0 Å². The molecule has 0 unspecified atom stereocenters. The van der Waals surface area contributed by atoms with Gasteiger partial charge in [0.2, 0.25) is 0 Å².